The highest BCUT2D eigenvalue weighted by Gasteiger charge is 2.23. The van der Waals surface area contributed by atoms with E-state index >= 15 is 0 Å². The van der Waals surface area contributed by atoms with Crippen molar-refractivity contribution in [3.63, 3.8) is 0 Å². The van der Waals surface area contributed by atoms with Crippen LogP contribution in [0.4, 0.5) is 4.79 Å². The first-order valence-corrected chi connectivity index (χ1v) is 9.47. The van der Waals surface area contributed by atoms with Crippen LogP contribution in [0, 0.1) is 6.92 Å². The van der Waals surface area contributed by atoms with Crippen LogP contribution in [-0.2, 0) is 18.2 Å². The molecule has 3 rings (SSSR count). The minimum Gasteiger partial charge on any atom is -0.452 e. The fourth-order valence-corrected chi connectivity index (χ4v) is 3.12. The summed E-state index contributed by atoms with van der Waals surface area (Å²) in [5, 5.41) is 8.36. The lowest BCUT2D eigenvalue weighted by atomic mass is 10.1. The van der Waals surface area contributed by atoms with Crippen molar-refractivity contribution in [2.24, 2.45) is 7.05 Å². The molecule has 12 heteroatoms. The monoisotopic (exact) mass is 475 g/mol. The molecule has 0 radical (unpaired) electrons. The lowest BCUT2D eigenvalue weighted by Gasteiger charge is -2.10. The smallest absolute Gasteiger partial charge is 0.425 e. The van der Waals surface area contributed by atoms with Crippen LogP contribution in [0.5, 0.6) is 0 Å². The lowest BCUT2D eigenvalue weighted by Crippen LogP contribution is -2.41. The van der Waals surface area contributed by atoms with E-state index in [0.717, 1.165) is 5.56 Å². The maximum absolute atomic E-state index is 13.1. The number of aromatic nitrogens is 5. The van der Waals surface area contributed by atoms with Gasteiger partial charge >= 0.3 is 6.09 Å². The Morgan fingerprint density at radius 2 is 2.03 bits per heavy atom. The number of hydrogen-bond donors (Lipinski definition) is 2. The number of amides is 2. The van der Waals surface area contributed by atoms with E-state index in [1.54, 1.807) is 25.4 Å². The van der Waals surface area contributed by atoms with Gasteiger partial charge in [-0.3, -0.25) is 19.7 Å². The number of ether oxygens (including phenoxy) is 1. The van der Waals surface area contributed by atoms with Crippen LogP contribution in [0.2, 0.25) is 0 Å². The van der Waals surface area contributed by atoms with E-state index in [1.807, 2.05) is 13.0 Å². The van der Waals surface area contributed by atoms with Gasteiger partial charge in [-0.25, -0.2) is 19.9 Å². The highest BCUT2D eigenvalue weighted by atomic mass is 79.9. The third kappa shape index (κ3) is 4.38. The minimum atomic E-state index is -0.829. The lowest BCUT2D eigenvalue weighted by molar-refractivity contribution is 0.0919. The van der Waals surface area contributed by atoms with Crippen LogP contribution in [0.1, 0.15) is 32.1 Å². The number of carbonyl (C=O) groups is 3. The van der Waals surface area contributed by atoms with E-state index in [9.17, 15) is 14.4 Å². The predicted octanol–water partition coefficient (Wildman–Crippen LogP) is 1.50. The van der Waals surface area contributed by atoms with Crippen molar-refractivity contribution >= 4 is 33.7 Å². The molecule has 3 aromatic rings. The molecule has 0 saturated carbocycles. The summed E-state index contributed by atoms with van der Waals surface area (Å²) in [6, 6.07) is 5.25. The molecule has 0 aliphatic carbocycles. The summed E-state index contributed by atoms with van der Waals surface area (Å²) in [5.41, 5.74) is 5.93. The van der Waals surface area contributed by atoms with Crippen molar-refractivity contribution in [2.75, 3.05) is 7.11 Å². The standard InChI is InChI=1S/C18H18BrN7O4/c1-10-5-4-6-20-16(10)26-13(8-15(19)24-26)14(27)7-12-11(9-21-25(12)2)17(28)22-23-18(29)30-3/h4-6,8-9H,7H2,1-3H3,(H,22,28)(H,23,29). The highest BCUT2D eigenvalue weighted by Crippen LogP contribution is 2.20. The molecule has 0 bridgehead atoms. The number of ketones is 1. The third-order valence-corrected chi connectivity index (χ3v) is 4.63. The fourth-order valence-electron chi connectivity index (χ4n) is 2.74. The molecule has 0 aliphatic rings. The largest absolute Gasteiger partial charge is 0.452 e. The Morgan fingerprint density at radius 3 is 2.73 bits per heavy atom. The predicted molar refractivity (Wildman–Crippen MR) is 108 cm³/mol. The summed E-state index contributed by atoms with van der Waals surface area (Å²) in [6.07, 6.45) is 1.97. The van der Waals surface area contributed by atoms with Crippen molar-refractivity contribution in [3.8, 4) is 5.82 Å². The van der Waals surface area contributed by atoms with Crippen molar-refractivity contribution in [1.29, 1.82) is 0 Å². The molecule has 0 fully saturated rings. The summed E-state index contributed by atoms with van der Waals surface area (Å²) in [6.45, 7) is 1.87. The quantitative estimate of drug-likeness (QED) is 0.421. The fraction of sp³-hybridized carbons (Fsp3) is 0.222. The van der Waals surface area contributed by atoms with E-state index in [-0.39, 0.29) is 17.8 Å². The average Bonchev–Trinajstić information content (AvgIpc) is 3.29. The second-order valence-corrected chi connectivity index (χ2v) is 7.02. The number of hydrogen-bond acceptors (Lipinski definition) is 7. The second kappa shape index (κ2) is 8.86. The summed E-state index contributed by atoms with van der Waals surface area (Å²) in [7, 11) is 2.78. The second-order valence-electron chi connectivity index (χ2n) is 6.21. The first-order chi connectivity index (χ1) is 14.3. The SMILES string of the molecule is COC(=O)NNC(=O)c1cnn(C)c1CC(=O)c1cc(Br)nn1-c1ncccc1C. The first-order valence-electron chi connectivity index (χ1n) is 8.67. The van der Waals surface area contributed by atoms with Gasteiger partial charge in [0, 0.05) is 19.3 Å². The molecule has 0 atom stereocenters. The maximum Gasteiger partial charge on any atom is 0.425 e. The molecule has 0 unspecified atom stereocenters. The number of methoxy groups -OCH3 is 1. The molecule has 2 amide bonds. The summed E-state index contributed by atoms with van der Waals surface area (Å²) < 4.78 is 7.75. The molecule has 0 saturated heterocycles. The van der Waals surface area contributed by atoms with E-state index < -0.39 is 12.0 Å². The Morgan fingerprint density at radius 1 is 1.27 bits per heavy atom. The van der Waals surface area contributed by atoms with Gasteiger partial charge in [-0.2, -0.15) is 10.2 Å². The normalized spacial score (nSPS) is 10.5. The van der Waals surface area contributed by atoms with Gasteiger partial charge < -0.3 is 4.74 Å². The van der Waals surface area contributed by atoms with Crippen LogP contribution >= 0.6 is 15.9 Å². The Labute approximate surface area is 179 Å². The molecule has 0 spiro atoms. The van der Waals surface area contributed by atoms with E-state index in [2.05, 4.69) is 46.7 Å². The van der Waals surface area contributed by atoms with E-state index in [1.165, 1.54) is 22.7 Å². The molecule has 3 aromatic heterocycles. The molecule has 0 aliphatic heterocycles. The van der Waals surface area contributed by atoms with Crippen molar-refractivity contribution in [1.82, 2.24) is 35.4 Å². The van der Waals surface area contributed by atoms with Gasteiger partial charge in [0.05, 0.1) is 31.0 Å². The van der Waals surface area contributed by atoms with Crippen molar-refractivity contribution < 1.29 is 19.1 Å². The van der Waals surface area contributed by atoms with Crippen molar-refractivity contribution in [3.05, 3.63) is 57.7 Å². The van der Waals surface area contributed by atoms with E-state index in [4.69, 9.17) is 0 Å². The van der Waals surface area contributed by atoms with Gasteiger partial charge in [-0.15, -0.1) is 0 Å². The van der Waals surface area contributed by atoms with Crippen LogP contribution in [-0.4, -0.2) is 49.4 Å². The average molecular weight is 476 g/mol. The van der Waals surface area contributed by atoms with Gasteiger partial charge in [0.15, 0.2) is 11.6 Å². The summed E-state index contributed by atoms with van der Waals surface area (Å²) in [4.78, 5) is 40.9. The molecular weight excluding hydrogens is 458 g/mol. The zero-order chi connectivity index (χ0) is 21.8. The zero-order valence-electron chi connectivity index (χ0n) is 16.3. The van der Waals surface area contributed by atoms with Crippen LogP contribution in [0.15, 0.2) is 35.2 Å². The number of Topliss-reactive ketones (excluding diaryl/α,β-unsaturated/α-hetero) is 1. The first kappa shape index (κ1) is 21.2. The minimum absolute atomic E-state index is 0.124. The Kier molecular flexibility index (Phi) is 6.26. The Bertz CT molecular complexity index is 1120. The van der Waals surface area contributed by atoms with Gasteiger partial charge in [0.25, 0.3) is 5.91 Å². The number of pyridine rings is 1. The molecule has 11 nitrogen and oxygen atoms in total. The van der Waals surface area contributed by atoms with Gasteiger partial charge in [0.1, 0.15) is 10.3 Å². The molecule has 156 valence electrons. The summed E-state index contributed by atoms with van der Waals surface area (Å²) >= 11 is 3.30. The third-order valence-electron chi connectivity index (χ3n) is 4.25. The van der Waals surface area contributed by atoms with E-state index in [0.29, 0.717) is 21.8 Å². The van der Waals surface area contributed by atoms with Gasteiger partial charge in [-0.05, 0) is 34.5 Å². The zero-order valence-corrected chi connectivity index (χ0v) is 17.9. The number of rotatable bonds is 5. The summed E-state index contributed by atoms with van der Waals surface area (Å²) in [5.74, 6) is -0.403. The van der Waals surface area contributed by atoms with Crippen LogP contribution in [0.25, 0.3) is 5.82 Å². The van der Waals surface area contributed by atoms with Gasteiger partial charge in [0.2, 0.25) is 0 Å². The van der Waals surface area contributed by atoms with Crippen molar-refractivity contribution in [2.45, 2.75) is 13.3 Å². The number of nitrogens with one attached hydrogen (secondary N) is 2. The van der Waals surface area contributed by atoms with Crippen LogP contribution < -0.4 is 10.9 Å². The number of halogens is 1. The molecular formula is C18H18BrN7O4. The maximum atomic E-state index is 13.1. The number of hydrazine groups is 1. The molecule has 30 heavy (non-hydrogen) atoms. The van der Waals surface area contributed by atoms with Crippen LogP contribution in [0.3, 0.4) is 0 Å². The number of nitrogens with zero attached hydrogens (tertiary/aromatic N) is 5. The molecule has 3 heterocycles. The highest BCUT2D eigenvalue weighted by molar-refractivity contribution is 9.10. The number of aryl methyl sites for hydroxylation is 2. The Balaban J connectivity index is 1.88. The molecule has 0 aromatic carbocycles. The van der Waals surface area contributed by atoms with Gasteiger partial charge in [-0.1, -0.05) is 6.07 Å². The Hall–Kier alpha value is -3.54. The topological polar surface area (TPSA) is 133 Å². The molecule has 2 N–H and O–H groups in total. The number of carbonyl (C=O) groups excluding carboxylic acids is 3.